The molecule has 0 unspecified atom stereocenters. The summed E-state index contributed by atoms with van der Waals surface area (Å²) in [6, 6.07) is 7.26. The van der Waals surface area contributed by atoms with Crippen molar-refractivity contribution in [2.75, 3.05) is 5.43 Å². The highest BCUT2D eigenvalue weighted by atomic mass is 19.1. The zero-order chi connectivity index (χ0) is 8.10. The molecule has 11 heavy (non-hydrogen) atoms. The van der Waals surface area contributed by atoms with Gasteiger partial charge in [-0.15, -0.1) is 0 Å². The van der Waals surface area contributed by atoms with Crippen LogP contribution in [0.2, 0.25) is 0 Å². The van der Waals surface area contributed by atoms with Gasteiger partial charge in [0.25, 0.3) is 0 Å². The maximum atomic E-state index is 11.7. The van der Waals surface area contributed by atoms with Crippen LogP contribution < -0.4 is 11.3 Å². The highest BCUT2D eigenvalue weighted by Gasteiger charge is 1.92. The SMILES string of the molecule is NNc1ccc(C[CH]F)cc1. The number of rotatable bonds is 3. The molecule has 0 amide bonds. The molecular formula is C8H10FN2. The van der Waals surface area contributed by atoms with Gasteiger partial charge in [-0.3, -0.25) is 5.84 Å². The van der Waals surface area contributed by atoms with Crippen molar-refractivity contribution in [1.29, 1.82) is 0 Å². The van der Waals surface area contributed by atoms with Crippen LogP contribution in [0.25, 0.3) is 0 Å². The summed E-state index contributed by atoms with van der Waals surface area (Å²) in [4.78, 5) is 0. The first-order valence-electron chi connectivity index (χ1n) is 3.34. The van der Waals surface area contributed by atoms with E-state index in [0.717, 1.165) is 11.3 Å². The normalized spacial score (nSPS) is 9.64. The summed E-state index contributed by atoms with van der Waals surface area (Å²) >= 11 is 0. The van der Waals surface area contributed by atoms with E-state index in [9.17, 15) is 4.39 Å². The molecule has 2 nitrogen and oxygen atoms in total. The number of nitrogens with two attached hydrogens (primary N) is 1. The molecule has 0 bridgehead atoms. The predicted octanol–water partition coefficient (Wildman–Crippen LogP) is 1.65. The van der Waals surface area contributed by atoms with Crippen LogP contribution in [0.4, 0.5) is 10.1 Å². The minimum atomic E-state index is 0.352. The molecule has 0 aromatic heterocycles. The van der Waals surface area contributed by atoms with Crippen LogP contribution in [-0.4, -0.2) is 0 Å². The molecule has 0 heterocycles. The number of hydrogen-bond donors (Lipinski definition) is 2. The third kappa shape index (κ3) is 2.20. The van der Waals surface area contributed by atoms with Gasteiger partial charge in [0.05, 0.1) is 0 Å². The monoisotopic (exact) mass is 153 g/mol. The zero-order valence-electron chi connectivity index (χ0n) is 6.05. The number of nitrogens with one attached hydrogen (secondary N) is 1. The largest absolute Gasteiger partial charge is 0.324 e. The summed E-state index contributed by atoms with van der Waals surface area (Å²) in [5.41, 5.74) is 4.26. The summed E-state index contributed by atoms with van der Waals surface area (Å²) in [7, 11) is 0. The predicted molar refractivity (Wildman–Crippen MR) is 43.4 cm³/mol. The first kappa shape index (κ1) is 8.01. The summed E-state index contributed by atoms with van der Waals surface area (Å²) in [6.45, 7) is 0.630. The van der Waals surface area contributed by atoms with E-state index < -0.39 is 0 Å². The van der Waals surface area contributed by atoms with Gasteiger partial charge >= 0.3 is 0 Å². The Morgan fingerprint density at radius 2 is 2.00 bits per heavy atom. The Hall–Kier alpha value is -1.09. The van der Waals surface area contributed by atoms with Crippen molar-refractivity contribution in [3.05, 3.63) is 36.5 Å². The van der Waals surface area contributed by atoms with Gasteiger partial charge in [-0.25, -0.2) is 4.39 Å². The van der Waals surface area contributed by atoms with Crippen LogP contribution in [0.5, 0.6) is 0 Å². The molecule has 1 aromatic carbocycles. The molecule has 0 fully saturated rings. The van der Waals surface area contributed by atoms with Crippen LogP contribution in [0.15, 0.2) is 24.3 Å². The molecule has 0 saturated heterocycles. The Morgan fingerprint density at radius 3 is 2.45 bits per heavy atom. The van der Waals surface area contributed by atoms with Crippen molar-refractivity contribution in [2.24, 2.45) is 5.84 Å². The number of hydrogen-bond acceptors (Lipinski definition) is 2. The van der Waals surface area contributed by atoms with E-state index >= 15 is 0 Å². The Balaban J connectivity index is 2.66. The van der Waals surface area contributed by atoms with E-state index in [1.54, 1.807) is 12.1 Å². The van der Waals surface area contributed by atoms with Crippen LogP contribution in [0, 0.1) is 6.67 Å². The number of benzene rings is 1. The number of hydrazine groups is 1. The fraction of sp³-hybridized carbons (Fsp3) is 0.125. The van der Waals surface area contributed by atoms with Crippen LogP contribution >= 0.6 is 0 Å². The summed E-state index contributed by atoms with van der Waals surface area (Å²) in [5, 5.41) is 0. The Morgan fingerprint density at radius 1 is 1.36 bits per heavy atom. The molecule has 3 N–H and O–H groups in total. The van der Waals surface area contributed by atoms with E-state index in [2.05, 4.69) is 5.43 Å². The third-order valence-corrected chi connectivity index (χ3v) is 1.43. The van der Waals surface area contributed by atoms with Crippen molar-refractivity contribution < 1.29 is 4.39 Å². The van der Waals surface area contributed by atoms with Crippen LogP contribution in [0.3, 0.4) is 0 Å². The average molecular weight is 153 g/mol. The smallest absolute Gasteiger partial charge is 0.135 e. The van der Waals surface area contributed by atoms with E-state index in [0.29, 0.717) is 13.1 Å². The second kappa shape index (κ2) is 3.93. The molecule has 59 valence electrons. The Bertz CT molecular complexity index is 208. The van der Waals surface area contributed by atoms with E-state index in [-0.39, 0.29) is 0 Å². The van der Waals surface area contributed by atoms with Crippen molar-refractivity contribution in [3.8, 4) is 0 Å². The third-order valence-electron chi connectivity index (χ3n) is 1.43. The van der Waals surface area contributed by atoms with Gasteiger partial charge in [-0.1, -0.05) is 12.1 Å². The van der Waals surface area contributed by atoms with Crippen LogP contribution in [-0.2, 0) is 6.42 Å². The van der Waals surface area contributed by atoms with Gasteiger partial charge in [0.1, 0.15) is 6.67 Å². The highest BCUT2D eigenvalue weighted by Crippen LogP contribution is 2.09. The molecule has 1 aromatic rings. The van der Waals surface area contributed by atoms with Gasteiger partial charge < -0.3 is 5.43 Å². The van der Waals surface area contributed by atoms with Crippen molar-refractivity contribution in [1.82, 2.24) is 0 Å². The van der Waals surface area contributed by atoms with Gasteiger partial charge in [-0.05, 0) is 17.7 Å². The van der Waals surface area contributed by atoms with Gasteiger partial charge in [0, 0.05) is 12.1 Å². The second-order valence-corrected chi connectivity index (χ2v) is 2.20. The molecule has 0 spiro atoms. The molecule has 0 atom stereocenters. The first-order chi connectivity index (χ1) is 5.36. The van der Waals surface area contributed by atoms with E-state index in [1.807, 2.05) is 12.1 Å². The molecular weight excluding hydrogens is 143 g/mol. The van der Waals surface area contributed by atoms with Gasteiger partial charge in [0.15, 0.2) is 0 Å². The molecule has 0 aliphatic heterocycles. The maximum absolute atomic E-state index is 11.7. The topological polar surface area (TPSA) is 38.0 Å². The van der Waals surface area contributed by atoms with Gasteiger partial charge in [0.2, 0.25) is 0 Å². The fourth-order valence-electron chi connectivity index (χ4n) is 0.826. The molecule has 0 saturated carbocycles. The van der Waals surface area contributed by atoms with Crippen molar-refractivity contribution in [3.63, 3.8) is 0 Å². The molecule has 3 heteroatoms. The van der Waals surface area contributed by atoms with Crippen LogP contribution in [0.1, 0.15) is 5.56 Å². The summed E-state index contributed by atoms with van der Waals surface area (Å²) in [6.07, 6.45) is 0.352. The van der Waals surface area contributed by atoms with Crippen molar-refractivity contribution in [2.45, 2.75) is 6.42 Å². The summed E-state index contributed by atoms with van der Waals surface area (Å²) < 4.78 is 11.7. The standard InChI is InChI=1S/C8H10FN2/c9-6-5-7-1-3-8(11-10)4-2-7/h1-4,6,11H,5,10H2. The fourth-order valence-corrected chi connectivity index (χ4v) is 0.826. The summed E-state index contributed by atoms with van der Waals surface area (Å²) in [5.74, 6) is 5.14. The Kier molecular flexibility index (Phi) is 2.86. The lowest BCUT2D eigenvalue weighted by Gasteiger charge is -2.00. The lowest BCUT2D eigenvalue weighted by atomic mass is 10.1. The number of halogens is 1. The van der Waals surface area contributed by atoms with E-state index in [1.165, 1.54) is 0 Å². The maximum Gasteiger partial charge on any atom is 0.135 e. The van der Waals surface area contributed by atoms with E-state index in [4.69, 9.17) is 5.84 Å². The molecule has 0 aliphatic rings. The zero-order valence-corrected chi connectivity index (χ0v) is 6.05. The number of nitrogen functional groups attached to an aromatic ring is 1. The molecule has 0 aliphatic carbocycles. The highest BCUT2D eigenvalue weighted by molar-refractivity contribution is 5.43. The minimum absolute atomic E-state index is 0.352. The minimum Gasteiger partial charge on any atom is -0.324 e. The van der Waals surface area contributed by atoms with Gasteiger partial charge in [-0.2, -0.15) is 0 Å². The van der Waals surface area contributed by atoms with Crippen molar-refractivity contribution >= 4 is 5.69 Å². The second-order valence-electron chi connectivity index (χ2n) is 2.20. The first-order valence-corrected chi connectivity index (χ1v) is 3.34. The molecule has 1 rings (SSSR count). The number of anilines is 1. The lowest BCUT2D eigenvalue weighted by molar-refractivity contribution is 0.599. The lowest BCUT2D eigenvalue weighted by Crippen LogP contribution is -2.06. The average Bonchev–Trinajstić information content (AvgIpc) is 2.07. The Labute approximate surface area is 65.2 Å². The quantitative estimate of drug-likeness (QED) is 0.511. The molecule has 1 radical (unpaired) electrons.